The van der Waals surface area contributed by atoms with Crippen LogP contribution in [0.25, 0.3) is 0 Å². The first-order chi connectivity index (χ1) is 13.3. The summed E-state index contributed by atoms with van der Waals surface area (Å²) < 4.78 is 28.3. The van der Waals surface area contributed by atoms with Gasteiger partial charge in [-0.15, -0.1) is 0 Å². The van der Waals surface area contributed by atoms with Crippen molar-refractivity contribution in [2.24, 2.45) is 7.05 Å². The van der Waals surface area contributed by atoms with Gasteiger partial charge in [0.15, 0.2) is 5.03 Å². The summed E-state index contributed by atoms with van der Waals surface area (Å²) >= 11 is 0. The summed E-state index contributed by atoms with van der Waals surface area (Å²) in [4.78, 5) is 28.4. The third-order valence-corrected chi connectivity index (χ3v) is 6.38. The maximum absolute atomic E-state index is 12.7. The number of carbonyl (C=O) groups excluding carboxylic acids is 1. The summed E-state index contributed by atoms with van der Waals surface area (Å²) in [5.41, 5.74) is 0.652. The van der Waals surface area contributed by atoms with Crippen molar-refractivity contribution < 1.29 is 18.1 Å². The van der Waals surface area contributed by atoms with Crippen LogP contribution in [0.5, 0.6) is 0 Å². The number of benzene rings is 1. The highest BCUT2D eigenvalue weighted by atomic mass is 32.2. The minimum Gasteiger partial charge on any atom is -0.341 e. The lowest BCUT2D eigenvalue weighted by Gasteiger charge is -2.21. The number of carbonyl (C=O) groups is 1. The van der Waals surface area contributed by atoms with Crippen molar-refractivity contribution in [3.05, 3.63) is 52.5 Å². The van der Waals surface area contributed by atoms with Crippen molar-refractivity contribution in [1.82, 2.24) is 18.8 Å². The summed E-state index contributed by atoms with van der Waals surface area (Å²) in [6.07, 6.45) is 3.53. The predicted molar refractivity (Wildman–Crippen MR) is 100.0 cm³/mol. The Morgan fingerprint density at radius 1 is 1.18 bits per heavy atom. The first kappa shape index (κ1) is 20.0. The number of nitro benzene ring substituents is 1. The lowest BCUT2D eigenvalue weighted by Crippen LogP contribution is -2.38. The molecule has 0 unspecified atom stereocenters. The fraction of sp³-hybridized carbons (Fsp3) is 0.412. The van der Waals surface area contributed by atoms with Crippen LogP contribution < -0.4 is 0 Å². The van der Waals surface area contributed by atoms with E-state index in [9.17, 15) is 23.3 Å². The molecule has 0 N–H and O–H groups in total. The Labute approximate surface area is 162 Å². The zero-order valence-corrected chi connectivity index (χ0v) is 16.2. The van der Waals surface area contributed by atoms with Gasteiger partial charge in [-0.05, 0) is 12.0 Å². The van der Waals surface area contributed by atoms with Crippen LogP contribution in [0.4, 0.5) is 5.69 Å². The van der Waals surface area contributed by atoms with Gasteiger partial charge in [0.25, 0.3) is 15.7 Å². The molecule has 11 heteroatoms. The van der Waals surface area contributed by atoms with Crippen LogP contribution in [0.15, 0.2) is 41.8 Å². The van der Waals surface area contributed by atoms with Crippen molar-refractivity contribution >= 4 is 21.6 Å². The number of imidazole rings is 1. The van der Waals surface area contributed by atoms with E-state index in [4.69, 9.17) is 0 Å². The molecule has 0 bridgehead atoms. The van der Waals surface area contributed by atoms with Gasteiger partial charge in [0.2, 0.25) is 5.91 Å². The normalized spacial score (nSPS) is 16.0. The zero-order valence-electron chi connectivity index (χ0n) is 15.4. The average molecular weight is 407 g/mol. The third kappa shape index (κ3) is 4.37. The monoisotopic (exact) mass is 407 g/mol. The molecule has 3 rings (SSSR count). The highest BCUT2D eigenvalue weighted by molar-refractivity contribution is 7.89. The predicted octanol–water partition coefficient (Wildman–Crippen LogP) is 0.794. The number of hydrogen-bond acceptors (Lipinski definition) is 6. The molecule has 1 fully saturated rings. The minimum absolute atomic E-state index is 0.000608. The molecule has 0 aliphatic carbocycles. The van der Waals surface area contributed by atoms with Gasteiger partial charge in [0.1, 0.15) is 0 Å². The van der Waals surface area contributed by atoms with E-state index in [1.165, 1.54) is 29.0 Å². The molecule has 2 heterocycles. The molecule has 150 valence electrons. The highest BCUT2D eigenvalue weighted by Gasteiger charge is 2.29. The van der Waals surface area contributed by atoms with Crippen molar-refractivity contribution in [1.29, 1.82) is 0 Å². The number of nitrogens with zero attached hydrogens (tertiary/aromatic N) is 5. The van der Waals surface area contributed by atoms with Crippen LogP contribution in [0, 0.1) is 10.1 Å². The van der Waals surface area contributed by atoms with Gasteiger partial charge in [-0.3, -0.25) is 14.9 Å². The van der Waals surface area contributed by atoms with E-state index in [0.717, 1.165) is 0 Å². The second kappa shape index (κ2) is 8.07. The zero-order chi connectivity index (χ0) is 20.3. The summed E-state index contributed by atoms with van der Waals surface area (Å²) in [5, 5.41) is 10.7. The van der Waals surface area contributed by atoms with E-state index in [1.54, 1.807) is 28.6 Å². The Morgan fingerprint density at radius 2 is 1.89 bits per heavy atom. The number of sulfonamides is 1. The minimum atomic E-state index is -3.69. The molecule has 2 aromatic rings. The number of aryl methyl sites for hydroxylation is 1. The Balaban J connectivity index is 1.63. The second-order valence-electron chi connectivity index (χ2n) is 6.62. The van der Waals surface area contributed by atoms with Crippen LogP contribution in [0.3, 0.4) is 0 Å². The molecule has 1 aliphatic heterocycles. The van der Waals surface area contributed by atoms with E-state index in [1.807, 2.05) is 0 Å². The maximum atomic E-state index is 12.7. The van der Waals surface area contributed by atoms with Gasteiger partial charge in [0, 0.05) is 51.6 Å². The van der Waals surface area contributed by atoms with E-state index in [0.29, 0.717) is 25.1 Å². The van der Waals surface area contributed by atoms with Crippen LogP contribution in [0.2, 0.25) is 0 Å². The lowest BCUT2D eigenvalue weighted by molar-refractivity contribution is -0.384. The molecule has 1 aliphatic rings. The topological polar surface area (TPSA) is 119 Å². The largest absolute Gasteiger partial charge is 0.341 e. The number of rotatable bonds is 5. The second-order valence-corrected chi connectivity index (χ2v) is 8.50. The van der Waals surface area contributed by atoms with Crippen LogP contribution in [0.1, 0.15) is 12.0 Å². The molecule has 28 heavy (non-hydrogen) atoms. The molecule has 1 aromatic carbocycles. The summed E-state index contributed by atoms with van der Waals surface area (Å²) in [7, 11) is -1.98. The molecule has 0 saturated carbocycles. The summed E-state index contributed by atoms with van der Waals surface area (Å²) in [6, 6.07) is 5.86. The fourth-order valence-corrected chi connectivity index (χ4v) is 4.50. The van der Waals surface area contributed by atoms with Crippen LogP contribution in [-0.4, -0.2) is 64.2 Å². The number of nitro groups is 1. The van der Waals surface area contributed by atoms with Gasteiger partial charge >= 0.3 is 0 Å². The average Bonchev–Trinajstić information content (AvgIpc) is 2.94. The Bertz CT molecular complexity index is 970. The Kier molecular flexibility index (Phi) is 5.75. The van der Waals surface area contributed by atoms with Gasteiger partial charge in [-0.25, -0.2) is 13.4 Å². The maximum Gasteiger partial charge on any atom is 0.269 e. The standard InChI is InChI=1S/C17H21N5O5S/c1-19-12-16(18-13-19)28(26,27)21-8-2-7-20(9-10-21)17(23)11-14-3-5-15(6-4-14)22(24)25/h3-6,12-13H,2,7-11H2,1H3. The van der Waals surface area contributed by atoms with Crippen molar-refractivity contribution in [3.8, 4) is 0 Å². The van der Waals surface area contributed by atoms with Crippen LogP contribution in [-0.2, 0) is 28.3 Å². The quantitative estimate of drug-likeness (QED) is 0.534. The third-order valence-electron chi connectivity index (χ3n) is 4.60. The molecule has 0 spiro atoms. The van der Waals surface area contributed by atoms with E-state index in [-0.39, 0.29) is 36.1 Å². The summed E-state index contributed by atoms with van der Waals surface area (Å²) in [5.74, 6) is -0.133. The number of aromatic nitrogens is 2. The number of amides is 1. The fourth-order valence-electron chi connectivity index (χ4n) is 3.06. The van der Waals surface area contributed by atoms with Crippen molar-refractivity contribution in [2.45, 2.75) is 17.9 Å². The lowest BCUT2D eigenvalue weighted by atomic mass is 10.1. The van der Waals surface area contributed by atoms with E-state index < -0.39 is 14.9 Å². The van der Waals surface area contributed by atoms with Crippen LogP contribution >= 0.6 is 0 Å². The molecular formula is C17H21N5O5S. The molecular weight excluding hydrogens is 386 g/mol. The van der Waals surface area contributed by atoms with E-state index >= 15 is 0 Å². The van der Waals surface area contributed by atoms with Crippen molar-refractivity contribution in [2.75, 3.05) is 26.2 Å². The molecule has 1 amide bonds. The number of hydrogen-bond donors (Lipinski definition) is 0. The molecule has 0 atom stereocenters. The Hall–Kier alpha value is -2.79. The summed E-state index contributed by atoms with van der Waals surface area (Å²) in [6.45, 7) is 1.27. The van der Waals surface area contributed by atoms with Gasteiger partial charge in [-0.1, -0.05) is 12.1 Å². The molecule has 0 radical (unpaired) electrons. The molecule has 10 nitrogen and oxygen atoms in total. The number of non-ortho nitro benzene ring substituents is 1. The molecule has 1 saturated heterocycles. The van der Waals surface area contributed by atoms with E-state index in [2.05, 4.69) is 4.98 Å². The first-order valence-corrected chi connectivity index (χ1v) is 10.2. The Morgan fingerprint density at radius 3 is 2.50 bits per heavy atom. The smallest absolute Gasteiger partial charge is 0.269 e. The molecule has 1 aromatic heterocycles. The van der Waals surface area contributed by atoms with Gasteiger partial charge < -0.3 is 9.47 Å². The first-order valence-electron chi connectivity index (χ1n) is 8.76. The van der Waals surface area contributed by atoms with Gasteiger partial charge in [-0.2, -0.15) is 4.31 Å². The van der Waals surface area contributed by atoms with Crippen molar-refractivity contribution in [3.63, 3.8) is 0 Å². The van der Waals surface area contributed by atoms with Gasteiger partial charge in [0.05, 0.1) is 17.7 Å². The highest BCUT2D eigenvalue weighted by Crippen LogP contribution is 2.17. The SMILES string of the molecule is Cn1cnc(S(=O)(=O)N2CCCN(C(=O)Cc3ccc([N+](=O)[O-])cc3)CC2)c1.